The number of halogens is 1. The molecule has 35 heavy (non-hydrogen) atoms. The summed E-state index contributed by atoms with van der Waals surface area (Å²) in [4.78, 5) is 23.8. The molecule has 0 saturated carbocycles. The van der Waals surface area contributed by atoms with E-state index in [1.807, 2.05) is 0 Å². The molecule has 2 N–H and O–H groups in total. The van der Waals surface area contributed by atoms with Crippen LogP contribution in [-0.4, -0.2) is 31.9 Å². The van der Waals surface area contributed by atoms with E-state index in [-0.39, 0.29) is 33.3 Å². The first-order chi connectivity index (χ1) is 16.6. The predicted molar refractivity (Wildman–Crippen MR) is 133 cm³/mol. The number of hydrogen-bond acceptors (Lipinski definition) is 6. The van der Waals surface area contributed by atoms with Crippen molar-refractivity contribution < 1.29 is 22.9 Å². The van der Waals surface area contributed by atoms with Crippen molar-refractivity contribution in [3.8, 4) is 5.75 Å². The van der Waals surface area contributed by atoms with Crippen LogP contribution in [0.15, 0.2) is 71.6 Å². The topological polar surface area (TPSA) is 128 Å². The molecule has 0 heterocycles. The predicted octanol–water partition coefficient (Wildman–Crippen LogP) is 4.48. The Labute approximate surface area is 208 Å². The second kappa shape index (κ2) is 11.3. The van der Waals surface area contributed by atoms with Gasteiger partial charge < -0.3 is 10.1 Å². The van der Waals surface area contributed by atoms with Gasteiger partial charge in [0.1, 0.15) is 11.8 Å². The van der Waals surface area contributed by atoms with E-state index in [9.17, 15) is 23.3 Å². The van der Waals surface area contributed by atoms with Crippen LogP contribution in [-0.2, 0) is 21.2 Å². The zero-order valence-corrected chi connectivity index (χ0v) is 20.6. The molecule has 11 heteroatoms. The van der Waals surface area contributed by atoms with E-state index in [1.54, 1.807) is 37.3 Å². The number of hydrogen-bond donors (Lipinski definition) is 2. The van der Waals surface area contributed by atoms with Crippen molar-refractivity contribution in [3.05, 3.63) is 93.0 Å². The number of anilines is 1. The first kappa shape index (κ1) is 26.1. The maximum Gasteiger partial charge on any atom is 0.274 e. The number of nitro benzene ring substituents is 1. The summed E-state index contributed by atoms with van der Waals surface area (Å²) in [6.45, 7) is 3.64. The van der Waals surface area contributed by atoms with Crippen LogP contribution in [0.25, 0.3) is 0 Å². The van der Waals surface area contributed by atoms with Gasteiger partial charge in [-0.3, -0.25) is 14.9 Å². The number of nitro groups is 1. The maximum atomic E-state index is 13.2. The lowest BCUT2D eigenvalue weighted by Gasteiger charge is -2.20. The third-order valence-corrected chi connectivity index (χ3v) is 6.93. The number of nitrogens with zero attached hydrogens (tertiary/aromatic N) is 1. The lowest BCUT2D eigenvalue weighted by Crippen LogP contribution is -2.45. The highest BCUT2D eigenvalue weighted by atomic mass is 35.5. The van der Waals surface area contributed by atoms with Gasteiger partial charge in [-0.25, -0.2) is 8.42 Å². The van der Waals surface area contributed by atoms with Crippen LogP contribution in [0.3, 0.4) is 0 Å². The van der Waals surface area contributed by atoms with Gasteiger partial charge in [-0.05, 0) is 50.1 Å². The number of carbonyl (C=O) groups excluding carboxylic acids is 1. The standard InChI is InChI=1S/C24H24ClN3O6S/c1-3-34-23-13-12-18(15-19(23)25)35(32,33)27-21(14-17-8-5-4-6-9-17)24(29)26-20-10-7-11-22(16(20)2)28(30)31/h4-13,15,21,27H,3,14H2,1-2H3,(H,26,29). The minimum atomic E-state index is -4.16. The van der Waals surface area contributed by atoms with E-state index in [0.29, 0.717) is 12.4 Å². The molecule has 1 atom stereocenters. The lowest BCUT2D eigenvalue weighted by molar-refractivity contribution is -0.385. The van der Waals surface area contributed by atoms with Crippen molar-refractivity contribution in [2.24, 2.45) is 0 Å². The van der Waals surface area contributed by atoms with Crippen LogP contribution >= 0.6 is 11.6 Å². The number of ether oxygens (including phenoxy) is 1. The number of benzene rings is 3. The summed E-state index contributed by atoms with van der Waals surface area (Å²) in [7, 11) is -4.16. The van der Waals surface area contributed by atoms with E-state index in [0.717, 1.165) is 5.56 Å². The average molecular weight is 518 g/mol. The van der Waals surface area contributed by atoms with Gasteiger partial charge in [0.15, 0.2) is 0 Å². The van der Waals surface area contributed by atoms with Crippen LogP contribution in [0.5, 0.6) is 5.75 Å². The Bertz CT molecular complexity index is 1330. The average Bonchev–Trinajstić information content (AvgIpc) is 2.81. The fourth-order valence-corrected chi connectivity index (χ4v) is 4.91. The molecule has 3 aromatic rings. The van der Waals surface area contributed by atoms with Crippen LogP contribution in [0, 0.1) is 17.0 Å². The third kappa shape index (κ3) is 6.56. The summed E-state index contributed by atoms with van der Waals surface area (Å²) in [6, 6.07) is 16.0. The highest BCUT2D eigenvalue weighted by molar-refractivity contribution is 7.89. The normalized spacial score (nSPS) is 12.1. The molecule has 0 aliphatic heterocycles. The zero-order chi connectivity index (χ0) is 25.6. The van der Waals surface area contributed by atoms with E-state index in [2.05, 4.69) is 10.0 Å². The minimum Gasteiger partial charge on any atom is -0.492 e. The second-order valence-electron chi connectivity index (χ2n) is 7.58. The third-order valence-electron chi connectivity index (χ3n) is 5.17. The summed E-state index contributed by atoms with van der Waals surface area (Å²) in [5.74, 6) is -0.328. The van der Waals surface area contributed by atoms with Gasteiger partial charge in [-0.2, -0.15) is 4.72 Å². The maximum absolute atomic E-state index is 13.2. The summed E-state index contributed by atoms with van der Waals surface area (Å²) in [6.07, 6.45) is 0.0463. The quantitative estimate of drug-likeness (QED) is 0.301. The van der Waals surface area contributed by atoms with E-state index in [1.165, 1.54) is 43.3 Å². The molecule has 3 aromatic carbocycles. The first-order valence-electron chi connectivity index (χ1n) is 10.7. The van der Waals surface area contributed by atoms with Gasteiger partial charge >= 0.3 is 0 Å². The fraction of sp³-hybridized carbons (Fsp3) is 0.208. The molecular weight excluding hydrogens is 494 g/mol. The lowest BCUT2D eigenvalue weighted by atomic mass is 10.1. The van der Waals surface area contributed by atoms with Crippen molar-refractivity contribution in [1.82, 2.24) is 4.72 Å². The fourth-order valence-electron chi connectivity index (χ4n) is 3.39. The number of nitrogens with one attached hydrogen (secondary N) is 2. The molecule has 184 valence electrons. The molecule has 0 aromatic heterocycles. The Morgan fingerprint density at radius 3 is 2.46 bits per heavy atom. The molecular formula is C24H24ClN3O6S. The monoisotopic (exact) mass is 517 g/mol. The molecule has 0 aliphatic rings. The second-order valence-corrected chi connectivity index (χ2v) is 9.71. The van der Waals surface area contributed by atoms with Crippen LogP contribution in [0.4, 0.5) is 11.4 Å². The highest BCUT2D eigenvalue weighted by Gasteiger charge is 2.28. The van der Waals surface area contributed by atoms with Gasteiger partial charge in [0, 0.05) is 6.07 Å². The van der Waals surface area contributed by atoms with Crippen LogP contribution in [0.2, 0.25) is 5.02 Å². The Morgan fingerprint density at radius 1 is 1.11 bits per heavy atom. The van der Waals surface area contributed by atoms with Crippen molar-refractivity contribution in [3.63, 3.8) is 0 Å². The summed E-state index contributed by atoms with van der Waals surface area (Å²) < 4.78 is 34.1. The number of rotatable bonds is 10. The summed E-state index contributed by atoms with van der Waals surface area (Å²) >= 11 is 6.16. The first-order valence-corrected chi connectivity index (χ1v) is 12.5. The molecule has 0 spiro atoms. The van der Waals surface area contributed by atoms with E-state index >= 15 is 0 Å². The number of carbonyl (C=O) groups is 1. The molecule has 0 saturated heterocycles. The van der Waals surface area contributed by atoms with Gasteiger partial charge in [0.2, 0.25) is 15.9 Å². The molecule has 1 amide bonds. The van der Waals surface area contributed by atoms with Gasteiger partial charge in [-0.15, -0.1) is 0 Å². The molecule has 3 rings (SSSR count). The largest absolute Gasteiger partial charge is 0.492 e. The number of amides is 1. The van der Waals surface area contributed by atoms with E-state index in [4.69, 9.17) is 16.3 Å². The molecule has 0 radical (unpaired) electrons. The minimum absolute atomic E-state index is 0.0463. The molecule has 9 nitrogen and oxygen atoms in total. The van der Waals surface area contributed by atoms with Gasteiger partial charge in [-0.1, -0.05) is 48.0 Å². The van der Waals surface area contributed by atoms with Crippen LogP contribution < -0.4 is 14.8 Å². The Kier molecular flexibility index (Phi) is 8.44. The number of sulfonamides is 1. The van der Waals surface area contributed by atoms with Crippen molar-refractivity contribution >= 4 is 38.9 Å². The Morgan fingerprint density at radius 2 is 1.83 bits per heavy atom. The van der Waals surface area contributed by atoms with Crippen molar-refractivity contribution in [1.29, 1.82) is 0 Å². The molecule has 0 fully saturated rings. The smallest absolute Gasteiger partial charge is 0.274 e. The zero-order valence-electron chi connectivity index (χ0n) is 19.0. The summed E-state index contributed by atoms with van der Waals surface area (Å²) in [5, 5.41) is 14.0. The Balaban J connectivity index is 1.91. The van der Waals surface area contributed by atoms with Crippen LogP contribution in [0.1, 0.15) is 18.1 Å². The Hall–Kier alpha value is -3.47. The molecule has 1 unspecified atom stereocenters. The van der Waals surface area contributed by atoms with E-state index < -0.39 is 26.9 Å². The molecule has 0 aliphatic carbocycles. The van der Waals surface area contributed by atoms with Crippen molar-refractivity contribution in [2.75, 3.05) is 11.9 Å². The van der Waals surface area contributed by atoms with Gasteiger partial charge in [0.05, 0.1) is 32.7 Å². The highest BCUT2D eigenvalue weighted by Crippen LogP contribution is 2.28. The summed E-state index contributed by atoms with van der Waals surface area (Å²) in [5.41, 5.74) is 1.03. The molecule has 0 bridgehead atoms. The van der Waals surface area contributed by atoms with Crippen molar-refractivity contribution in [2.45, 2.75) is 31.2 Å². The van der Waals surface area contributed by atoms with Gasteiger partial charge in [0.25, 0.3) is 5.69 Å². The SMILES string of the molecule is CCOc1ccc(S(=O)(=O)NC(Cc2ccccc2)C(=O)Nc2cccc([N+](=O)[O-])c2C)cc1Cl.